The maximum atomic E-state index is 11.9. The fourth-order valence-electron chi connectivity index (χ4n) is 2.00. The van der Waals surface area contributed by atoms with Crippen molar-refractivity contribution in [2.75, 3.05) is 13.1 Å². The van der Waals surface area contributed by atoms with Gasteiger partial charge in [0.25, 0.3) is 0 Å². The molecule has 0 aromatic carbocycles. The third-order valence-electron chi connectivity index (χ3n) is 3.41. The summed E-state index contributed by atoms with van der Waals surface area (Å²) in [4.78, 5) is 23.1. The summed E-state index contributed by atoms with van der Waals surface area (Å²) < 4.78 is 0. The van der Waals surface area contributed by atoms with E-state index in [4.69, 9.17) is 0 Å². The molecule has 0 bridgehead atoms. The van der Waals surface area contributed by atoms with Crippen LogP contribution in [0.15, 0.2) is 0 Å². The average molecular weight is 228 g/mol. The van der Waals surface area contributed by atoms with Gasteiger partial charge in [-0.2, -0.15) is 0 Å². The monoisotopic (exact) mass is 228 g/mol. The normalized spacial score (nSPS) is 20.8. The summed E-state index contributed by atoms with van der Waals surface area (Å²) in [6, 6.07) is 0. The predicted molar refractivity (Wildman–Crippen MR) is 60.1 cm³/mol. The van der Waals surface area contributed by atoms with Crippen LogP contribution in [0.5, 0.6) is 0 Å². The molecule has 16 heavy (non-hydrogen) atoms. The Hall–Kier alpha value is -1.10. The van der Waals surface area contributed by atoms with E-state index in [2.05, 4.69) is 10.6 Å². The Morgan fingerprint density at radius 3 is 2.44 bits per heavy atom. The van der Waals surface area contributed by atoms with Crippen molar-refractivity contribution in [2.24, 2.45) is 5.92 Å². The molecule has 1 unspecified atom stereocenters. The molecular weight excluding hydrogens is 208 g/mol. The zero-order valence-electron chi connectivity index (χ0n) is 9.88. The summed E-state index contributed by atoms with van der Waals surface area (Å²) in [5.74, 6) is -1.18. The molecule has 5 heteroatoms. The Bertz CT molecular complexity index is 268. The number of carboxylic acid groups (broad SMARTS) is 1. The minimum absolute atomic E-state index is 0.0863. The zero-order valence-corrected chi connectivity index (χ0v) is 9.88. The number of hydrogen-bond donors (Lipinski definition) is 3. The molecule has 1 rings (SSSR count). The predicted octanol–water partition coefficient (Wildman–Crippen LogP) is 0.355. The summed E-state index contributed by atoms with van der Waals surface area (Å²) in [5, 5.41) is 15.0. The molecule has 0 spiro atoms. The number of carboxylic acids is 1. The molecule has 0 aromatic heterocycles. The van der Waals surface area contributed by atoms with Crippen molar-refractivity contribution in [1.82, 2.24) is 10.6 Å². The summed E-state index contributed by atoms with van der Waals surface area (Å²) in [7, 11) is 0. The first-order valence-electron chi connectivity index (χ1n) is 5.82. The van der Waals surface area contributed by atoms with E-state index in [-0.39, 0.29) is 11.8 Å². The molecule has 1 heterocycles. The summed E-state index contributed by atoms with van der Waals surface area (Å²) >= 11 is 0. The molecule has 92 valence electrons. The van der Waals surface area contributed by atoms with Gasteiger partial charge in [-0.15, -0.1) is 0 Å². The lowest BCUT2D eigenvalue weighted by Gasteiger charge is -2.29. The van der Waals surface area contributed by atoms with E-state index >= 15 is 0 Å². The number of nitrogens with one attached hydrogen (secondary N) is 2. The van der Waals surface area contributed by atoms with Crippen LogP contribution in [0.2, 0.25) is 0 Å². The Morgan fingerprint density at radius 1 is 1.44 bits per heavy atom. The third-order valence-corrected chi connectivity index (χ3v) is 3.41. The minimum Gasteiger partial charge on any atom is -0.480 e. The first-order chi connectivity index (χ1) is 7.55. The lowest BCUT2D eigenvalue weighted by molar-refractivity contribution is -0.148. The standard InChI is InChI=1S/C11H20N2O3/c1-3-11(4-2,10(15)16)13-9(14)8-5-6-12-7-8/h8,12H,3-7H2,1-2H3,(H,13,14)(H,15,16). The number of hydrogen-bond acceptors (Lipinski definition) is 3. The molecular formula is C11H20N2O3. The van der Waals surface area contributed by atoms with Gasteiger partial charge in [0.05, 0.1) is 5.92 Å². The topological polar surface area (TPSA) is 78.4 Å². The number of rotatable bonds is 5. The van der Waals surface area contributed by atoms with Crippen LogP contribution >= 0.6 is 0 Å². The van der Waals surface area contributed by atoms with Crippen LogP contribution in [0, 0.1) is 5.92 Å². The second kappa shape index (κ2) is 5.30. The van der Waals surface area contributed by atoms with Crippen LogP contribution < -0.4 is 10.6 Å². The number of carbonyl (C=O) groups is 2. The van der Waals surface area contributed by atoms with Gasteiger partial charge in [-0.1, -0.05) is 13.8 Å². The van der Waals surface area contributed by atoms with E-state index in [9.17, 15) is 14.7 Å². The quantitative estimate of drug-likeness (QED) is 0.634. The van der Waals surface area contributed by atoms with E-state index in [1.807, 2.05) is 0 Å². The van der Waals surface area contributed by atoms with Crippen molar-refractivity contribution in [3.8, 4) is 0 Å². The van der Waals surface area contributed by atoms with Crippen LogP contribution in [0.25, 0.3) is 0 Å². The number of amides is 1. The van der Waals surface area contributed by atoms with Gasteiger partial charge in [-0.25, -0.2) is 4.79 Å². The first-order valence-corrected chi connectivity index (χ1v) is 5.82. The lowest BCUT2D eigenvalue weighted by atomic mass is 9.92. The van der Waals surface area contributed by atoms with Gasteiger partial charge < -0.3 is 15.7 Å². The van der Waals surface area contributed by atoms with Gasteiger partial charge in [0.1, 0.15) is 5.54 Å². The Balaban J connectivity index is 2.67. The third kappa shape index (κ3) is 2.52. The molecule has 3 N–H and O–H groups in total. The summed E-state index contributed by atoms with van der Waals surface area (Å²) in [6.07, 6.45) is 1.60. The zero-order chi connectivity index (χ0) is 12.2. The average Bonchev–Trinajstić information content (AvgIpc) is 2.78. The molecule has 0 radical (unpaired) electrons. The summed E-state index contributed by atoms with van der Waals surface area (Å²) in [6.45, 7) is 5.04. The highest BCUT2D eigenvalue weighted by Gasteiger charge is 2.38. The molecule has 1 fully saturated rings. The maximum Gasteiger partial charge on any atom is 0.329 e. The lowest BCUT2D eigenvalue weighted by Crippen LogP contribution is -2.55. The van der Waals surface area contributed by atoms with E-state index < -0.39 is 11.5 Å². The van der Waals surface area contributed by atoms with Crippen LogP contribution in [-0.4, -0.2) is 35.6 Å². The van der Waals surface area contributed by atoms with Gasteiger partial charge in [0.2, 0.25) is 5.91 Å². The van der Waals surface area contributed by atoms with Crippen molar-refractivity contribution in [2.45, 2.75) is 38.6 Å². The highest BCUT2D eigenvalue weighted by molar-refractivity contribution is 5.88. The molecule has 0 saturated carbocycles. The van der Waals surface area contributed by atoms with E-state index in [1.54, 1.807) is 13.8 Å². The van der Waals surface area contributed by atoms with E-state index in [1.165, 1.54) is 0 Å². The highest BCUT2D eigenvalue weighted by Crippen LogP contribution is 2.18. The van der Waals surface area contributed by atoms with Crippen molar-refractivity contribution in [3.05, 3.63) is 0 Å². The maximum absolute atomic E-state index is 11.9. The van der Waals surface area contributed by atoms with Gasteiger partial charge in [-0.3, -0.25) is 4.79 Å². The SMILES string of the molecule is CCC(CC)(NC(=O)C1CCNC1)C(=O)O. The molecule has 1 atom stereocenters. The van der Waals surface area contributed by atoms with E-state index in [0.29, 0.717) is 19.4 Å². The Morgan fingerprint density at radius 2 is 2.06 bits per heavy atom. The Kier molecular flexibility index (Phi) is 4.29. The smallest absolute Gasteiger partial charge is 0.329 e. The van der Waals surface area contributed by atoms with Crippen LogP contribution in [0.1, 0.15) is 33.1 Å². The van der Waals surface area contributed by atoms with Gasteiger partial charge in [0.15, 0.2) is 0 Å². The fourth-order valence-corrected chi connectivity index (χ4v) is 2.00. The van der Waals surface area contributed by atoms with Gasteiger partial charge >= 0.3 is 5.97 Å². The molecule has 0 aliphatic carbocycles. The van der Waals surface area contributed by atoms with Crippen molar-refractivity contribution >= 4 is 11.9 Å². The number of aliphatic carboxylic acids is 1. The highest BCUT2D eigenvalue weighted by atomic mass is 16.4. The minimum atomic E-state index is -1.10. The van der Waals surface area contributed by atoms with Gasteiger partial charge in [0, 0.05) is 6.54 Å². The van der Waals surface area contributed by atoms with Crippen LogP contribution in [0.4, 0.5) is 0 Å². The van der Waals surface area contributed by atoms with E-state index in [0.717, 1.165) is 13.0 Å². The second-order valence-corrected chi connectivity index (χ2v) is 4.27. The Labute approximate surface area is 95.6 Å². The van der Waals surface area contributed by atoms with Crippen molar-refractivity contribution in [1.29, 1.82) is 0 Å². The molecule has 0 aromatic rings. The molecule has 1 amide bonds. The van der Waals surface area contributed by atoms with Crippen LogP contribution in [0.3, 0.4) is 0 Å². The molecule has 1 saturated heterocycles. The molecule has 1 aliphatic heterocycles. The van der Waals surface area contributed by atoms with Crippen LogP contribution in [-0.2, 0) is 9.59 Å². The van der Waals surface area contributed by atoms with Gasteiger partial charge in [-0.05, 0) is 25.8 Å². The number of carbonyl (C=O) groups excluding carboxylic acids is 1. The van der Waals surface area contributed by atoms with Crippen molar-refractivity contribution in [3.63, 3.8) is 0 Å². The first kappa shape index (κ1) is 13.0. The summed E-state index contributed by atoms with van der Waals surface area (Å²) in [5.41, 5.74) is -1.10. The largest absolute Gasteiger partial charge is 0.480 e. The molecule has 1 aliphatic rings. The second-order valence-electron chi connectivity index (χ2n) is 4.27. The van der Waals surface area contributed by atoms with Crippen molar-refractivity contribution < 1.29 is 14.7 Å². The fraction of sp³-hybridized carbons (Fsp3) is 0.818. The molecule has 5 nitrogen and oxygen atoms in total.